The SMILES string of the molecule is N.N#CS.[Ni]. The number of hydrogen-bond acceptors (Lipinski definition) is 3. The minimum atomic E-state index is 0. The molecule has 0 aromatic rings. The van der Waals surface area contributed by atoms with E-state index >= 15 is 0 Å². The molecule has 3 N–H and O–H groups in total. The summed E-state index contributed by atoms with van der Waals surface area (Å²) in [7, 11) is 0. The van der Waals surface area contributed by atoms with Crippen LogP contribution in [0.3, 0.4) is 0 Å². The maximum atomic E-state index is 7.18. The van der Waals surface area contributed by atoms with E-state index in [1.54, 1.807) is 0 Å². The predicted octanol–water partition coefficient (Wildman–Crippen LogP) is 0.557. The minimum Gasteiger partial charge on any atom is -0.344 e. The molecule has 0 aliphatic carbocycles. The number of rotatable bonds is 0. The van der Waals surface area contributed by atoms with Crippen LogP contribution in [0.25, 0.3) is 0 Å². The third-order valence-corrected chi connectivity index (χ3v) is 0. The van der Waals surface area contributed by atoms with Crippen LogP contribution in [0.4, 0.5) is 0 Å². The number of thiol groups is 1. The molecule has 0 bridgehead atoms. The van der Waals surface area contributed by atoms with Crippen molar-refractivity contribution >= 4 is 12.6 Å². The van der Waals surface area contributed by atoms with Crippen LogP contribution in [0, 0.1) is 10.7 Å². The maximum absolute atomic E-state index is 7.18. The van der Waals surface area contributed by atoms with Crippen molar-refractivity contribution in [2.75, 3.05) is 0 Å². The van der Waals surface area contributed by atoms with Gasteiger partial charge in [0.15, 0.2) is 0 Å². The first kappa shape index (κ1) is 18.6. The normalized spacial score (nSPS) is 1.60. The number of thiocyanates is 1. The molecule has 0 saturated heterocycles. The predicted molar refractivity (Wildman–Crippen MR) is 19.6 cm³/mol. The molecule has 0 unspecified atom stereocenters. The van der Waals surface area contributed by atoms with Crippen LogP contribution in [0.5, 0.6) is 0 Å². The van der Waals surface area contributed by atoms with Gasteiger partial charge in [0.1, 0.15) is 5.40 Å². The molecule has 2 nitrogen and oxygen atoms in total. The van der Waals surface area contributed by atoms with Crippen molar-refractivity contribution < 1.29 is 16.5 Å². The van der Waals surface area contributed by atoms with Gasteiger partial charge in [-0.2, -0.15) is 5.26 Å². The molecular formula is CH4N2NiS. The van der Waals surface area contributed by atoms with Gasteiger partial charge in [0.05, 0.1) is 0 Å². The Hall–Kier alpha value is 0.294. The van der Waals surface area contributed by atoms with Crippen molar-refractivity contribution in [2.24, 2.45) is 0 Å². The smallest absolute Gasteiger partial charge is 0.130 e. The molecule has 0 aromatic heterocycles. The molecule has 0 aliphatic heterocycles. The zero-order valence-corrected chi connectivity index (χ0v) is 4.30. The van der Waals surface area contributed by atoms with E-state index in [-0.39, 0.29) is 22.6 Å². The Kier molecular flexibility index (Phi) is 103. The van der Waals surface area contributed by atoms with Crippen LogP contribution >= 0.6 is 12.6 Å². The van der Waals surface area contributed by atoms with Gasteiger partial charge in [-0.05, 0) is 0 Å². The Morgan fingerprint density at radius 3 is 1.60 bits per heavy atom. The van der Waals surface area contributed by atoms with E-state index < -0.39 is 0 Å². The van der Waals surface area contributed by atoms with Crippen molar-refractivity contribution in [1.29, 1.82) is 5.26 Å². The zero-order chi connectivity index (χ0) is 2.71. The fourth-order valence-electron chi connectivity index (χ4n) is 0. The molecule has 4 heteroatoms. The molecule has 0 rings (SSSR count). The number of nitriles is 1. The summed E-state index contributed by atoms with van der Waals surface area (Å²) in [6, 6.07) is 0. The van der Waals surface area contributed by atoms with Crippen LogP contribution in [0.15, 0.2) is 0 Å². The van der Waals surface area contributed by atoms with Crippen molar-refractivity contribution in [3.05, 3.63) is 0 Å². The summed E-state index contributed by atoms with van der Waals surface area (Å²) in [6.07, 6.45) is 0. The van der Waals surface area contributed by atoms with Gasteiger partial charge in [0, 0.05) is 16.5 Å². The summed E-state index contributed by atoms with van der Waals surface area (Å²) in [6.45, 7) is 0. The summed E-state index contributed by atoms with van der Waals surface area (Å²) in [5.41, 5.74) is 0. The van der Waals surface area contributed by atoms with Crippen molar-refractivity contribution in [1.82, 2.24) is 6.15 Å². The largest absolute Gasteiger partial charge is 0.344 e. The van der Waals surface area contributed by atoms with Gasteiger partial charge in [-0.3, -0.25) is 0 Å². The Labute approximate surface area is 46.5 Å². The molecule has 0 atom stereocenters. The third kappa shape index (κ3) is 262. The van der Waals surface area contributed by atoms with Crippen LogP contribution in [-0.4, -0.2) is 0 Å². The molecule has 0 fully saturated rings. The summed E-state index contributed by atoms with van der Waals surface area (Å²) in [4.78, 5) is 0. The average Bonchev–Trinajstić information content (AvgIpc) is 0.918. The Bertz CT molecular complexity index is 31.1. The van der Waals surface area contributed by atoms with E-state index in [9.17, 15) is 0 Å². The molecule has 5 heavy (non-hydrogen) atoms. The van der Waals surface area contributed by atoms with E-state index in [0.29, 0.717) is 0 Å². The molecule has 0 radical (unpaired) electrons. The van der Waals surface area contributed by atoms with Gasteiger partial charge >= 0.3 is 0 Å². The standard InChI is InChI=1S/CHNS.H3N.Ni/c2-1-3;;/h3H;1H3;. The molecule has 0 spiro atoms. The second kappa shape index (κ2) is 27.8. The number of nitrogens with zero attached hydrogens (tertiary/aromatic N) is 1. The first-order chi connectivity index (χ1) is 1.41. The molecule has 0 heterocycles. The molecule has 0 saturated carbocycles. The van der Waals surface area contributed by atoms with E-state index in [2.05, 4.69) is 12.6 Å². The van der Waals surface area contributed by atoms with Gasteiger partial charge in [-0.1, -0.05) is 12.6 Å². The quantitative estimate of drug-likeness (QED) is 0.289. The second-order valence-corrected chi connectivity index (χ2v) is 0.300. The Balaban J connectivity index is -0.0000000200. The van der Waals surface area contributed by atoms with Gasteiger partial charge < -0.3 is 6.15 Å². The molecular weight excluding hydrogens is 131 g/mol. The van der Waals surface area contributed by atoms with Crippen molar-refractivity contribution in [2.45, 2.75) is 0 Å². The summed E-state index contributed by atoms with van der Waals surface area (Å²) in [5, 5.41) is 8.63. The fourth-order valence-corrected chi connectivity index (χ4v) is 0. The second-order valence-electron chi connectivity index (χ2n) is 0.100. The minimum absolute atomic E-state index is 0. The molecule has 0 aromatic carbocycles. The van der Waals surface area contributed by atoms with E-state index in [1.807, 2.05) is 0 Å². The molecule has 34 valence electrons. The van der Waals surface area contributed by atoms with Gasteiger partial charge in [0.2, 0.25) is 0 Å². The van der Waals surface area contributed by atoms with Crippen molar-refractivity contribution in [3.8, 4) is 5.40 Å². The van der Waals surface area contributed by atoms with Gasteiger partial charge in [0.25, 0.3) is 0 Å². The van der Waals surface area contributed by atoms with Crippen molar-refractivity contribution in [3.63, 3.8) is 0 Å². The first-order valence-corrected chi connectivity index (χ1v) is 0.894. The van der Waals surface area contributed by atoms with Crippen LogP contribution in [0.2, 0.25) is 0 Å². The molecule has 0 aliphatic rings. The topological polar surface area (TPSA) is 58.8 Å². The van der Waals surface area contributed by atoms with E-state index in [1.165, 1.54) is 5.40 Å². The fraction of sp³-hybridized carbons (Fsp3) is 0. The monoisotopic (exact) mass is 134 g/mol. The average molecular weight is 135 g/mol. The van der Waals surface area contributed by atoms with E-state index in [4.69, 9.17) is 5.26 Å². The van der Waals surface area contributed by atoms with E-state index in [0.717, 1.165) is 0 Å². The zero-order valence-electron chi connectivity index (χ0n) is 2.42. The third-order valence-electron chi connectivity index (χ3n) is 0. The summed E-state index contributed by atoms with van der Waals surface area (Å²) >= 11 is 3.09. The maximum Gasteiger partial charge on any atom is 0.130 e. The number of hydrogen-bond donors (Lipinski definition) is 2. The van der Waals surface area contributed by atoms with Gasteiger partial charge in [-0.15, -0.1) is 0 Å². The first-order valence-electron chi connectivity index (χ1n) is 0.447. The van der Waals surface area contributed by atoms with Crippen LogP contribution in [-0.2, 0) is 16.5 Å². The Morgan fingerprint density at radius 1 is 1.60 bits per heavy atom. The van der Waals surface area contributed by atoms with Crippen LogP contribution < -0.4 is 6.15 Å². The Morgan fingerprint density at radius 2 is 1.60 bits per heavy atom. The summed E-state index contributed by atoms with van der Waals surface area (Å²) < 4.78 is 0. The molecule has 0 amide bonds. The van der Waals surface area contributed by atoms with Crippen LogP contribution in [0.1, 0.15) is 0 Å². The van der Waals surface area contributed by atoms with Gasteiger partial charge in [-0.25, -0.2) is 0 Å². The summed E-state index contributed by atoms with van der Waals surface area (Å²) in [5.74, 6) is 0.